The Morgan fingerprint density at radius 1 is 1.15 bits per heavy atom. The molecule has 0 aliphatic rings. The zero-order valence-corrected chi connectivity index (χ0v) is 13.1. The first kappa shape index (κ1) is 18.9. The number of nitrogens with two attached hydrogens (primary N) is 2. The summed E-state index contributed by atoms with van der Waals surface area (Å²) in [5.74, 6) is 1.30. The van der Waals surface area contributed by atoms with E-state index in [9.17, 15) is 0 Å². The molecule has 112 valence electrons. The van der Waals surface area contributed by atoms with Crippen molar-refractivity contribution in [2.75, 3.05) is 0 Å². The Morgan fingerprint density at radius 3 is 2.25 bits per heavy atom. The molecule has 0 saturated heterocycles. The number of rotatable bonds is 4. The molecule has 1 aromatic heterocycles. The summed E-state index contributed by atoms with van der Waals surface area (Å²) in [6, 6.07) is 7.53. The van der Waals surface area contributed by atoms with Crippen molar-refractivity contribution >= 4 is 24.8 Å². The van der Waals surface area contributed by atoms with E-state index in [1.54, 1.807) is 0 Å². The van der Waals surface area contributed by atoms with Gasteiger partial charge in [0.05, 0.1) is 6.04 Å². The van der Waals surface area contributed by atoms with Gasteiger partial charge in [0.1, 0.15) is 0 Å². The smallest absolute Gasteiger partial charge is 0.244 e. The second-order valence-corrected chi connectivity index (χ2v) is 4.63. The van der Waals surface area contributed by atoms with Crippen LogP contribution < -0.4 is 11.5 Å². The van der Waals surface area contributed by atoms with Crippen molar-refractivity contribution < 1.29 is 4.52 Å². The second-order valence-electron chi connectivity index (χ2n) is 4.63. The fraction of sp³-hybridized carbons (Fsp3) is 0.385. The van der Waals surface area contributed by atoms with Crippen LogP contribution in [0.25, 0.3) is 11.4 Å². The third kappa shape index (κ3) is 4.18. The summed E-state index contributed by atoms with van der Waals surface area (Å²) in [7, 11) is 0. The zero-order valence-electron chi connectivity index (χ0n) is 11.4. The van der Waals surface area contributed by atoms with Gasteiger partial charge >= 0.3 is 0 Å². The van der Waals surface area contributed by atoms with E-state index in [0.717, 1.165) is 11.1 Å². The molecule has 0 aliphatic heterocycles. The molecule has 0 unspecified atom stereocenters. The van der Waals surface area contributed by atoms with E-state index in [1.165, 1.54) is 0 Å². The molecule has 0 radical (unpaired) electrons. The highest BCUT2D eigenvalue weighted by Gasteiger charge is 2.18. The van der Waals surface area contributed by atoms with Gasteiger partial charge in [0.15, 0.2) is 0 Å². The number of hydrogen-bond acceptors (Lipinski definition) is 5. The van der Waals surface area contributed by atoms with Gasteiger partial charge in [-0.25, -0.2) is 0 Å². The van der Waals surface area contributed by atoms with Crippen molar-refractivity contribution in [3.63, 3.8) is 0 Å². The maximum Gasteiger partial charge on any atom is 0.244 e. The van der Waals surface area contributed by atoms with Crippen molar-refractivity contribution in [1.29, 1.82) is 0 Å². The Hall–Kier alpha value is -1.14. The van der Waals surface area contributed by atoms with E-state index in [2.05, 4.69) is 10.1 Å². The van der Waals surface area contributed by atoms with Gasteiger partial charge in [0.25, 0.3) is 0 Å². The quantitative estimate of drug-likeness (QED) is 0.904. The van der Waals surface area contributed by atoms with Crippen molar-refractivity contribution in [2.45, 2.75) is 26.4 Å². The molecule has 0 amide bonds. The van der Waals surface area contributed by atoms with Crippen LogP contribution >= 0.6 is 24.8 Å². The van der Waals surface area contributed by atoms with E-state index in [1.807, 2.05) is 38.1 Å². The summed E-state index contributed by atoms with van der Waals surface area (Å²) in [5.41, 5.74) is 13.5. The molecular weight excluding hydrogens is 299 g/mol. The average molecular weight is 319 g/mol. The van der Waals surface area contributed by atoms with Gasteiger partial charge < -0.3 is 16.0 Å². The van der Waals surface area contributed by atoms with Crippen molar-refractivity contribution in [3.8, 4) is 11.4 Å². The Bertz CT molecular complexity index is 513. The third-order valence-electron chi connectivity index (χ3n) is 2.89. The van der Waals surface area contributed by atoms with Crippen LogP contribution in [-0.4, -0.2) is 10.1 Å². The molecule has 0 aliphatic carbocycles. The highest BCUT2D eigenvalue weighted by atomic mass is 35.5. The Labute approximate surface area is 130 Å². The maximum absolute atomic E-state index is 5.96. The van der Waals surface area contributed by atoms with Crippen LogP contribution in [0, 0.1) is 5.92 Å². The monoisotopic (exact) mass is 318 g/mol. The van der Waals surface area contributed by atoms with Crippen LogP contribution in [0.5, 0.6) is 0 Å². The summed E-state index contributed by atoms with van der Waals surface area (Å²) in [4.78, 5) is 4.32. The lowest BCUT2D eigenvalue weighted by Crippen LogP contribution is -2.16. The standard InChI is InChI=1S/C13H18N4O.2ClH/c1-8(2)11(15)13-16-12(17-18-13)10-5-3-9(7-14)4-6-10;;/h3-6,8,11H,7,14-15H2,1-2H3;2*1H/t11-;;/m0../s1. The summed E-state index contributed by atoms with van der Waals surface area (Å²) in [6.45, 7) is 4.56. The molecule has 0 bridgehead atoms. The molecule has 5 nitrogen and oxygen atoms in total. The molecule has 1 atom stereocenters. The lowest BCUT2D eigenvalue weighted by atomic mass is 10.1. The topological polar surface area (TPSA) is 91.0 Å². The zero-order chi connectivity index (χ0) is 13.1. The molecule has 0 saturated carbocycles. The summed E-state index contributed by atoms with van der Waals surface area (Å²) in [5, 5.41) is 3.95. The van der Waals surface area contributed by atoms with Gasteiger partial charge in [-0.3, -0.25) is 0 Å². The SMILES string of the molecule is CC(C)[C@H](N)c1nc(-c2ccc(CN)cc2)no1.Cl.Cl. The molecule has 4 N–H and O–H groups in total. The predicted molar refractivity (Wildman–Crippen MR) is 83.9 cm³/mol. The van der Waals surface area contributed by atoms with Crippen molar-refractivity contribution in [2.24, 2.45) is 17.4 Å². The normalized spacial score (nSPS) is 11.7. The minimum absolute atomic E-state index is 0. The van der Waals surface area contributed by atoms with Crippen LogP contribution in [0.4, 0.5) is 0 Å². The number of aromatic nitrogens is 2. The number of halogens is 2. The number of hydrogen-bond donors (Lipinski definition) is 2. The first-order valence-electron chi connectivity index (χ1n) is 6.00. The van der Waals surface area contributed by atoms with Crippen molar-refractivity contribution in [1.82, 2.24) is 10.1 Å². The first-order chi connectivity index (χ1) is 8.61. The van der Waals surface area contributed by atoms with Crippen LogP contribution in [0.15, 0.2) is 28.8 Å². The minimum atomic E-state index is -0.227. The van der Waals surface area contributed by atoms with Gasteiger partial charge in [-0.1, -0.05) is 43.3 Å². The van der Waals surface area contributed by atoms with Crippen LogP contribution in [-0.2, 0) is 6.54 Å². The largest absolute Gasteiger partial charge is 0.337 e. The molecule has 0 spiro atoms. The van der Waals surface area contributed by atoms with Gasteiger partial charge in [0, 0.05) is 12.1 Å². The Kier molecular flexibility index (Phi) is 7.75. The fourth-order valence-electron chi connectivity index (χ4n) is 1.56. The summed E-state index contributed by atoms with van der Waals surface area (Å²) < 4.78 is 5.19. The summed E-state index contributed by atoms with van der Waals surface area (Å²) in [6.07, 6.45) is 0. The second kappa shape index (κ2) is 8.21. The molecule has 1 heterocycles. The average Bonchev–Trinajstić information content (AvgIpc) is 2.87. The van der Waals surface area contributed by atoms with Crippen LogP contribution in [0.2, 0.25) is 0 Å². The minimum Gasteiger partial charge on any atom is -0.337 e. The molecule has 1 aromatic carbocycles. The van der Waals surface area contributed by atoms with Crippen LogP contribution in [0.1, 0.15) is 31.3 Å². The molecular formula is C13H20Cl2N4O. The maximum atomic E-state index is 5.96. The van der Waals surface area contributed by atoms with E-state index in [0.29, 0.717) is 18.3 Å². The highest BCUT2D eigenvalue weighted by molar-refractivity contribution is 5.85. The fourth-order valence-corrected chi connectivity index (χ4v) is 1.56. The van der Waals surface area contributed by atoms with Gasteiger partial charge in [-0.05, 0) is 11.5 Å². The number of nitrogens with zero attached hydrogens (tertiary/aromatic N) is 2. The Morgan fingerprint density at radius 2 is 1.75 bits per heavy atom. The Balaban J connectivity index is 0.00000180. The lowest BCUT2D eigenvalue weighted by molar-refractivity contribution is 0.325. The van der Waals surface area contributed by atoms with E-state index >= 15 is 0 Å². The van der Waals surface area contributed by atoms with Crippen LogP contribution in [0.3, 0.4) is 0 Å². The van der Waals surface area contributed by atoms with Crippen molar-refractivity contribution in [3.05, 3.63) is 35.7 Å². The lowest BCUT2D eigenvalue weighted by Gasteiger charge is -2.09. The third-order valence-corrected chi connectivity index (χ3v) is 2.89. The molecule has 7 heteroatoms. The molecule has 0 fully saturated rings. The first-order valence-corrected chi connectivity index (χ1v) is 6.00. The number of benzene rings is 1. The highest BCUT2D eigenvalue weighted by Crippen LogP contribution is 2.21. The van der Waals surface area contributed by atoms with E-state index in [4.69, 9.17) is 16.0 Å². The van der Waals surface area contributed by atoms with E-state index < -0.39 is 0 Å². The van der Waals surface area contributed by atoms with Gasteiger partial charge in [-0.2, -0.15) is 4.98 Å². The van der Waals surface area contributed by atoms with Gasteiger partial charge in [-0.15, -0.1) is 24.8 Å². The molecule has 20 heavy (non-hydrogen) atoms. The molecule has 2 rings (SSSR count). The van der Waals surface area contributed by atoms with E-state index in [-0.39, 0.29) is 36.8 Å². The molecule has 2 aromatic rings. The van der Waals surface area contributed by atoms with Gasteiger partial charge in [0.2, 0.25) is 11.7 Å². The predicted octanol–water partition coefficient (Wildman–Crippen LogP) is 2.69. The summed E-state index contributed by atoms with van der Waals surface area (Å²) >= 11 is 0.